The lowest BCUT2D eigenvalue weighted by Gasteiger charge is -2.25. The SMILES string of the molecule is CN(C)CCN(Cc1ccc(Br)cc1)c1cccc(C#N)n1. The van der Waals surface area contributed by atoms with Gasteiger partial charge in [-0.2, -0.15) is 5.26 Å². The summed E-state index contributed by atoms with van der Waals surface area (Å²) >= 11 is 3.46. The Bertz CT molecular complexity index is 646. The molecular weight excluding hydrogens is 340 g/mol. The van der Waals surface area contributed by atoms with Crippen LogP contribution in [0.2, 0.25) is 0 Å². The van der Waals surface area contributed by atoms with Crippen molar-refractivity contribution in [3.63, 3.8) is 0 Å². The van der Waals surface area contributed by atoms with E-state index in [1.165, 1.54) is 5.56 Å². The van der Waals surface area contributed by atoms with Crippen LogP contribution in [-0.2, 0) is 6.54 Å². The summed E-state index contributed by atoms with van der Waals surface area (Å²) in [6.07, 6.45) is 0. The van der Waals surface area contributed by atoms with Crippen molar-refractivity contribution in [1.29, 1.82) is 5.26 Å². The number of hydrogen-bond donors (Lipinski definition) is 0. The van der Waals surface area contributed by atoms with Crippen molar-refractivity contribution < 1.29 is 0 Å². The molecule has 2 aromatic rings. The van der Waals surface area contributed by atoms with Crippen LogP contribution in [0, 0.1) is 11.3 Å². The van der Waals surface area contributed by atoms with Gasteiger partial charge in [-0.05, 0) is 43.9 Å². The molecule has 22 heavy (non-hydrogen) atoms. The largest absolute Gasteiger partial charge is 0.351 e. The summed E-state index contributed by atoms with van der Waals surface area (Å²) in [5.41, 5.74) is 1.66. The molecule has 0 atom stereocenters. The zero-order valence-electron chi connectivity index (χ0n) is 12.8. The van der Waals surface area contributed by atoms with E-state index in [0.717, 1.165) is 29.9 Å². The first-order valence-corrected chi connectivity index (χ1v) is 7.89. The predicted octanol–water partition coefficient (Wildman–Crippen LogP) is 3.28. The van der Waals surface area contributed by atoms with Crippen molar-refractivity contribution in [2.75, 3.05) is 32.1 Å². The summed E-state index contributed by atoms with van der Waals surface area (Å²) < 4.78 is 1.07. The molecule has 0 saturated heterocycles. The molecule has 0 fully saturated rings. The van der Waals surface area contributed by atoms with Gasteiger partial charge in [-0.25, -0.2) is 4.98 Å². The van der Waals surface area contributed by atoms with Crippen LogP contribution in [0.15, 0.2) is 46.9 Å². The summed E-state index contributed by atoms with van der Waals surface area (Å²) in [5.74, 6) is 0.837. The predicted molar refractivity (Wildman–Crippen MR) is 92.7 cm³/mol. The summed E-state index contributed by atoms with van der Waals surface area (Å²) in [7, 11) is 4.11. The summed E-state index contributed by atoms with van der Waals surface area (Å²) in [4.78, 5) is 8.76. The molecule has 0 spiro atoms. The fourth-order valence-corrected chi connectivity index (χ4v) is 2.33. The van der Waals surface area contributed by atoms with Gasteiger partial charge in [0.05, 0.1) is 0 Å². The van der Waals surface area contributed by atoms with Gasteiger partial charge in [0.15, 0.2) is 0 Å². The Hall–Kier alpha value is -1.90. The van der Waals surface area contributed by atoms with E-state index < -0.39 is 0 Å². The second kappa shape index (κ2) is 7.92. The second-order valence-corrected chi connectivity index (χ2v) is 6.26. The maximum Gasteiger partial charge on any atom is 0.142 e. The van der Waals surface area contributed by atoms with E-state index in [2.05, 4.69) is 63.0 Å². The number of benzene rings is 1. The number of halogens is 1. The number of pyridine rings is 1. The molecule has 0 bridgehead atoms. The van der Waals surface area contributed by atoms with Gasteiger partial charge in [-0.1, -0.05) is 34.1 Å². The fraction of sp³-hybridized carbons (Fsp3) is 0.294. The van der Waals surface area contributed by atoms with Crippen molar-refractivity contribution in [3.8, 4) is 6.07 Å². The van der Waals surface area contributed by atoms with Crippen LogP contribution >= 0.6 is 15.9 Å². The highest BCUT2D eigenvalue weighted by molar-refractivity contribution is 9.10. The third-order valence-corrected chi connectivity index (χ3v) is 3.81. The van der Waals surface area contributed by atoms with E-state index in [4.69, 9.17) is 5.26 Å². The molecule has 0 radical (unpaired) electrons. The molecule has 0 amide bonds. The molecule has 0 unspecified atom stereocenters. The minimum absolute atomic E-state index is 0.447. The normalized spacial score (nSPS) is 10.5. The lowest BCUT2D eigenvalue weighted by molar-refractivity contribution is 0.412. The maximum absolute atomic E-state index is 9.04. The van der Waals surface area contributed by atoms with E-state index in [-0.39, 0.29) is 0 Å². The molecule has 114 valence electrons. The highest BCUT2D eigenvalue weighted by Crippen LogP contribution is 2.17. The van der Waals surface area contributed by atoms with Crippen LogP contribution in [-0.4, -0.2) is 37.1 Å². The van der Waals surface area contributed by atoms with Crippen LogP contribution in [0.5, 0.6) is 0 Å². The topological polar surface area (TPSA) is 43.2 Å². The number of aromatic nitrogens is 1. The smallest absolute Gasteiger partial charge is 0.142 e. The van der Waals surface area contributed by atoms with Gasteiger partial charge in [-0.15, -0.1) is 0 Å². The van der Waals surface area contributed by atoms with Crippen molar-refractivity contribution in [1.82, 2.24) is 9.88 Å². The number of anilines is 1. The molecule has 4 nitrogen and oxygen atoms in total. The van der Waals surface area contributed by atoms with Crippen LogP contribution < -0.4 is 4.90 Å². The Morgan fingerprint density at radius 2 is 1.82 bits per heavy atom. The van der Waals surface area contributed by atoms with Crippen molar-refractivity contribution in [3.05, 3.63) is 58.2 Å². The Morgan fingerprint density at radius 1 is 1.09 bits per heavy atom. The van der Waals surface area contributed by atoms with Gasteiger partial charge in [0.2, 0.25) is 0 Å². The average molecular weight is 359 g/mol. The second-order valence-electron chi connectivity index (χ2n) is 5.34. The third-order valence-electron chi connectivity index (χ3n) is 3.28. The van der Waals surface area contributed by atoms with Crippen LogP contribution in [0.3, 0.4) is 0 Å². The lowest BCUT2D eigenvalue weighted by Crippen LogP contribution is -2.32. The van der Waals surface area contributed by atoms with Crippen molar-refractivity contribution in [2.45, 2.75) is 6.54 Å². The molecule has 0 saturated carbocycles. The van der Waals surface area contributed by atoms with Gasteiger partial charge >= 0.3 is 0 Å². The minimum Gasteiger partial charge on any atom is -0.351 e. The zero-order chi connectivity index (χ0) is 15.9. The number of nitrogens with zero attached hydrogens (tertiary/aromatic N) is 4. The summed E-state index contributed by atoms with van der Waals surface area (Å²) in [6.45, 7) is 2.54. The van der Waals surface area contributed by atoms with Crippen molar-refractivity contribution in [2.24, 2.45) is 0 Å². The fourth-order valence-electron chi connectivity index (χ4n) is 2.07. The third kappa shape index (κ3) is 4.83. The van der Waals surface area contributed by atoms with Crippen LogP contribution in [0.4, 0.5) is 5.82 Å². The Labute approximate surface area is 140 Å². The van der Waals surface area contributed by atoms with Gasteiger partial charge in [-0.3, -0.25) is 0 Å². The molecule has 1 heterocycles. The Kier molecular flexibility index (Phi) is 5.93. The minimum atomic E-state index is 0.447. The monoisotopic (exact) mass is 358 g/mol. The Morgan fingerprint density at radius 3 is 2.45 bits per heavy atom. The summed E-state index contributed by atoms with van der Waals surface area (Å²) in [5, 5.41) is 9.04. The van der Waals surface area contributed by atoms with E-state index in [1.54, 1.807) is 6.07 Å². The molecular formula is C17H19BrN4. The highest BCUT2D eigenvalue weighted by Gasteiger charge is 2.10. The van der Waals surface area contributed by atoms with E-state index in [1.807, 2.05) is 24.3 Å². The average Bonchev–Trinajstić information content (AvgIpc) is 2.53. The van der Waals surface area contributed by atoms with Gasteiger partial charge < -0.3 is 9.80 Å². The van der Waals surface area contributed by atoms with Gasteiger partial charge in [0.25, 0.3) is 0 Å². The first kappa shape index (κ1) is 16.5. The van der Waals surface area contributed by atoms with Gasteiger partial charge in [0, 0.05) is 24.1 Å². The summed E-state index contributed by atoms with van der Waals surface area (Å²) in [6, 6.07) is 15.9. The van der Waals surface area contributed by atoms with E-state index in [9.17, 15) is 0 Å². The highest BCUT2D eigenvalue weighted by atomic mass is 79.9. The lowest BCUT2D eigenvalue weighted by atomic mass is 10.2. The van der Waals surface area contributed by atoms with Gasteiger partial charge in [0.1, 0.15) is 17.6 Å². The molecule has 1 aromatic carbocycles. The molecule has 2 rings (SSSR count). The van der Waals surface area contributed by atoms with Crippen molar-refractivity contribution >= 4 is 21.7 Å². The molecule has 0 aliphatic rings. The first-order valence-electron chi connectivity index (χ1n) is 7.10. The standard InChI is InChI=1S/C17H19BrN4/c1-21(2)10-11-22(13-14-6-8-15(18)9-7-14)17-5-3-4-16(12-19)20-17/h3-9H,10-11,13H2,1-2H3. The number of rotatable bonds is 6. The van der Waals surface area contributed by atoms with Crippen LogP contribution in [0.1, 0.15) is 11.3 Å². The van der Waals surface area contributed by atoms with E-state index >= 15 is 0 Å². The molecule has 1 aromatic heterocycles. The molecule has 0 aliphatic carbocycles. The zero-order valence-corrected chi connectivity index (χ0v) is 14.4. The Balaban J connectivity index is 2.21. The molecule has 0 aliphatic heterocycles. The number of hydrogen-bond acceptors (Lipinski definition) is 4. The number of likely N-dealkylation sites (N-methyl/N-ethyl adjacent to an activating group) is 1. The number of nitriles is 1. The van der Waals surface area contributed by atoms with Crippen LogP contribution in [0.25, 0.3) is 0 Å². The molecule has 0 N–H and O–H groups in total. The quantitative estimate of drug-likeness (QED) is 0.794. The van der Waals surface area contributed by atoms with E-state index in [0.29, 0.717) is 5.69 Å². The molecule has 5 heteroatoms. The first-order chi connectivity index (χ1) is 10.6. The maximum atomic E-state index is 9.04.